The zero-order valence-electron chi connectivity index (χ0n) is 14.1. The number of alkyl halides is 5. The predicted octanol–water partition coefficient (Wildman–Crippen LogP) is 3.28. The fourth-order valence-corrected chi connectivity index (χ4v) is 2.34. The zero-order valence-corrected chi connectivity index (χ0v) is 14.1. The van der Waals surface area contributed by atoms with E-state index in [0.29, 0.717) is 5.56 Å². The summed E-state index contributed by atoms with van der Waals surface area (Å²) >= 11 is 0. The van der Waals surface area contributed by atoms with Crippen LogP contribution in [0.2, 0.25) is 0 Å². The van der Waals surface area contributed by atoms with Gasteiger partial charge >= 0.3 is 11.9 Å². The van der Waals surface area contributed by atoms with Crippen molar-refractivity contribution in [1.29, 1.82) is 5.41 Å². The van der Waals surface area contributed by atoms with Crippen molar-refractivity contribution in [3.05, 3.63) is 61.8 Å². The Bertz CT molecular complexity index is 955. The molecule has 0 saturated carbocycles. The van der Waals surface area contributed by atoms with E-state index >= 15 is 0 Å². The number of hydrogen-bond acceptors (Lipinski definition) is 4. The highest BCUT2D eigenvalue weighted by molar-refractivity contribution is 6.05. The van der Waals surface area contributed by atoms with Gasteiger partial charge in [0.15, 0.2) is 5.71 Å². The quantitative estimate of drug-likeness (QED) is 0.466. The Morgan fingerprint density at radius 2 is 1.63 bits per heavy atom. The molecule has 1 heterocycles. The SMILES string of the molecule is CC(Nc1[nH]c(=O)[nH]c(=O)c1C(=N)C(F)(F)F)c1ccc(C(C)(F)F)cc1. The minimum Gasteiger partial charge on any atom is -0.364 e. The highest BCUT2D eigenvalue weighted by Gasteiger charge is 2.39. The third kappa shape index (κ3) is 4.60. The number of hydrogen-bond donors (Lipinski definition) is 4. The monoisotopic (exact) mass is 390 g/mol. The molecular formula is C16H15F5N4O2. The van der Waals surface area contributed by atoms with Crippen molar-refractivity contribution < 1.29 is 22.0 Å². The number of benzene rings is 1. The lowest BCUT2D eigenvalue weighted by Crippen LogP contribution is -2.35. The van der Waals surface area contributed by atoms with Gasteiger partial charge in [-0.2, -0.15) is 13.2 Å². The van der Waals surface area contributed by atoms with Crippen molar-refractivity contribution in [3.63, 3.8) is 0 Å². The molecule has 0 fully saturated rings. The van der Waals surface area contributed by atoms with Gasteiger partial charge in [-0.05, 0) is 12.5 Å². The first-order chi connectivity index (χ1) is 12.3. The minimum atomic E-state index is -5.11. The van der Waals surface area contributed by atoms with E-state index in [2.05, 4.69) is 5.32 Å². The normalized spacial score (nSPS) is 13.3. The summed E-state index contributed by atoms with van der Waals surface area (Å²) in [5, 5.41) is 9.70. The minimum absolute atomic E-state index is 0.248. The van der Waals surface area contributed by atoms with E-state index in [0.717, 1.165) is 19.1 Å². The molecule has 0 aliphatic carbocycles. The van der Waals surface area contributed by atoms with E-state index < -0.39 is 46.5 Å². The molecule has 0 spiro atoms. The van der Waals surface area contributed by atoms with Crippen molar-refractivity contribution >= 4 is 11.5 Å². The molecule has 6 nitrogen and oxygen atoms in total. The van der Waals surface area contributed by atoms with Gasteiger partial charge < -0.3 is 5.32 Å². The van der Waals surface area contributed by atoms with Gasteiger partial charge in [-0.25, -0.2) is 13.6 Å². The Labute approximate surface area is 149 Å². The third-order valence-electron chi connectivity index (χ3n) is 3.75. The highest BCUT2D eigenvalue weighted by atomic mass is 19.4. The fraction of sp³-hybridized carbons (Fsp3) is 0.312. The van der Waals surface area contributed by atoms with Gasteiger partial charge in [0.1, 0.15) is 11.4 Å². The first kappa shape index (κ1) is 20.3. The van der Waals surface area contributed by atoms with Crippen LogP contribution in [0, 0.1) is 5.41 Å². The van der Waals surface area contributed by atoms with Crippen molar-refractivity contribution in [2.45, 2.75) is 32.0 Å². The second kappa shape index (κ2) is 6.97. The molecule has 2 rings (SSSR count). The van der Waals surface area contributed by atoms with Crippen LogP contribution in [0.3, 0.4) is 0 Å². The summed E-state index contributed by atoms with van der Waals surface area (Å²) in [6.07, 6.45) is -5.11. The van der Waals surface area contributed by atoms with Crippen LogP contribution < -0.4 is 16.6 Å². The van der Waals surface area contributed by atoms with Crippen LogP contribution in [0.1, 0.15) is 36.6 Å². The van der Waals surface area contributed by atoms with Gasteiger partial charge in [0.2, 0.25) is 0 Å². The molecule has 1 aromatic heterocycles. The summed E-state index contributed by atoms with van der Waals surface area (Å²) in [6.45, 7) is 2.21. The average molecular weight is 390 g/mol. The Morgan fingerprint density at radius 1 is 1.07 bits per heavy atom. The van der Waals surface area contributed by atoms with Crippen LogP contribution in [-0.2, 0) is 5.92 Å². The number of H-pyrrole nitrogens is 2. The lowest BCUT2D eigenvalue weighted by atomic mass is 10.0. The van der Waals surface area contributed by atoms with Crippen LogP contribution in [0.4, 0.5) is 27.8 Å². The van der Waals surface area contributed by atoms with E-state index in [1.165, 1.54) is 19.1 Å². The summed E-state index contributed by atoms with van der Waals surface area (Å²) in [4.78, 5) is 26.9. The molecule has 2 aromatic rings. The standard InChI is InChI=1S/C16H15F5N4O2/c1-7(8-3-5-9(6-4-8)15(2,17)18)23-12-10(11(22)16(19,20)21)13(26)25-14(27)24-12/h3-7,22H,1-2H3,(H3,23,24,25,26,27). The van der Waals surface area contributed by atoms with Crippen molar-refractivity contribution in [2.75, 3.05) is 5.32 Å². The molecule has 0 amide bonds. The summed E-state index contributed by atoms with van der Waals surface area (Å²) in [5.74, 6) is -3.65. The number of nitrogens with one attached hydrogen (secondary N) is 4. The van der Waals surface area contributed by atoms with E-state index in [1.54, 1.807) is 4.98 Å². The molecule has 27 heavy (non-hydrogen) atoms. The predicted molar refractivity (Wildman–Crippen MR) is 88.6 cm³/mol. The van der Waals surface area contributed by atoms with Crippen LogP contribution in [0.15, 0.2) is 33.9 Å². The molecule has 11 heteroatoms. The van der Waals surface area contributed by atoms with Gasteiger partial charge in [0, 0.05) is 18.5 Å². The van der Waals surface area contributed by atoms with Crippen LogP contribution in [0.5, 0.6) is 0 Å². The van der Waals surface area contributed by atoms with Gasteiger partial charge in [0.05, 0.1) is 0 Å². The fourth-order valence-electron chi connectivity index (χ4n) is 2.34. The largest absolute Gasteiger partial charge is 0.433 e. The number of anilines is 1. The Balaban J connectivity index is 2.41. The molecule has 0 bridgehead atoms. The lowest BCUT2D eigenvalue weighted by molar-refractivity contribution is -0.0588. The Hall–Kier alpha value is -2.98. The maximum absolute atomic E-state index is 13.3. The van der Waals surface area contributed by atoms with E-state index in [4.69, 9.17) is 5.41 Å². The molecule has 1 aromatic carbocycles. The smallest absolute Gasteiger partial charge is 0.364 e. The van der Waals surface area contributed by atoms with Crippen molar-refractivity contribution in [3.8, 4) is 0 Å². The molecule has 0 saturated heterocycles. The van der Waals surface area contributed by atoms with E-state index in [-0.39, 0.29) is 5.56 Å². The molecule has 0 aliphatic heterocycles. The number of halogens is 5. The molecule has 0 radical (unpaired) electrons. The van der Waals surface area contributed by atoms with Crippen LogP contribution in [-0.4, -0.2) is 21.9 Å². The van der Waals surface area contributed by atoms with E-state index in [1.807, 2.05) is 4.98 Å². The van der Waals surface area contributed by atoms with Gasteiger partial charge in [-0.3, -0.25) is 20.2 Å². The molecule has 146 valence electrons. The Morgan fingerprint density at radius 3 is 2.11 bits per heavy atom. The van der Waals surface area contributed by atoms with Gasteiger partial charge in [-0.1, -0.05) is 24.3 Å². The molecule has 0 aliphatic rings. The van der Waals surface area contributed by atoms with Crippen molar-refractivity contribution in [1.82, 2.24) is 9.97 Å². The molecule has 1 atom stereocenters. The summed E-state index contributed by atoms with van der Waals surface area (Å²) in [5.41, 5.74) is -5.29. The average Bonchev–Trinajstić information content (AvgIpc) is 2.52. The zero-order chi connectivity index (χ0) is 20.6. The van der Waals surface area contributed by atoms with Gasteiger partial charge in [0.25, 0.3) is 11.5 Å². The maximum Gasteiger partial charge on any atom is 0.433 e. The third-order valence-corrected chi connectivity index (χ3v) is 3.75. The summed E-state index contributed by atoms with van der Waals surface area (Å²) < 4.78 is 65.0. The highest BCUT2D eigenvalue weighted by Crippen LogP contribution is 2.29. The summed E-state index contributed by atoms with van der Waals surface area (Å²) in [7, 11) is 0. The summed E-state index contributed by atoms with van der Waals surface area (Å²) in [6, 6.07) is 4.23. The lowest BCUT2D eigenvalue weighted by Gasteiger charge is -2.19. The Kier molecular flexibility index (Phi) is 5.25. The number of aromatic nitrogens is 2. The van der Waals surface area contributed by atoms with Crippen LogP contribution >= 0.6 is 0 Å². The van der Waals surface area contributed by atoms with E-state index in [9.17, 15) is 31.5 Å². The topological polar surface area (TPSA) is 102 Å². The number of aromatic amines is 2. The molecule has 1 unspecified atom stereocenters. The van der Waals surface area contributed by atoms with Crippen molar-refractivity contribution in [2.24, 2.45) is 0 Å². The van der Waals surface area contributed by atoms with Gasteiger partial charge in [-0.15, -0.1) is 0 Å². The second-order valence-electron chi connectivity index (χ2n) is 5.91. The molecular weight excluding hydrogens is 375 g/mol. The molecule has 4 N–H and O–H groups in total. The maximum atomic E-state index is 13.3. The number of rotatable bonds is 5. The first-order valence-electron chi connectivity index (χ1n) is 7.58. The second-order valence-corrected chi connectivity index (χ2v) is 5.91. The van der Waals surface area contributed by atoms with Crippen LogP contribution in [0.25, 0.3) is 0 Å². The first-order valence-corrected chi connectivity index (χ1v) is 7.58.